The summed E-state index contributed by atoms with van der Waals surface area (Å²) in [6, 6.07) is 10.3. The molecule has 0 saturated carbocycles. The van der Waals surface area contributed by atoms with E-state index in [-0.39, 0.29) is 11.9 Å². The van der Waals surface area contributed by atoms with Gasteiger partial charge in [0.25, 0.3) is 0 Å². The minimum Gasteiger partial charge on any atom is -0.457 e. The number of halogens is 2. The van der Waals surface area contributed by atoms with E-state index in [9.17, 15) is 4.39 Å². The molecular formula is C15H15BrFNO. The van der Waals surface area contributed by atoms with E-state index in [0.29, 0.717) is 17.1 Å². The minimum absolute atomic E-state index is 0.0449. The third-order valence-electron chi connectivity index (χ3n) is 2.83. The maximum atomic E-state index is 13.2. The van der Waals surface area contributed by atoms with Gasteiger partial charge in [-0.15, -0.1) is 0 Å². The fourth-order valence-electron chi connectivity index (χ4n) is 1.76. The number of ether oxygens (including phenoxy) is 1. The van der Waals surface area contributed by atoms with E-state index >= 15 is 0 Å². The smallest absolute Gasteiger partial charge is 0.128 e. The third-order valence-corrected chi connectivity index (χ3v) is 3.51. The molecule has 0 unspecified atom stereocenters. The van der Waals surface area contributed by atoms with Crippen molar-refractivity contribution in [2.75, 3.05) is 0 Å². The highest BCUT2D eigenvalue weighted by Gasteiger charge is 2.07. The van der Waals surface area contributed by atoms with Crippen LogP contribution in [-0.4, -0.2) is 0 Å². The molecule has 2 aromatic rings. The molecule has 0 heterocycles. The predicted octanol–water partition coefficient (Wildman–Crippen LogP) is 4.71. The topological polar surface area (TPSA) is 35.2 Å². The van der Waals surface area contributed by atoms with Crippen molar-refractivity contribution in [3.05, 3.63) is 57.8 Å². The fraction of sp³-hybridized carbons (Fsp3) is 0.200. The molecule has 0 aliphatic carbocycles. The molecular weight excluding hydrogens is 309 g/mol. The second kappa shape index (κ2) is 5.72. The molecule has 0 amide bonds. The van der Waals surface area contributed by atoms with Crippen molar-refractivity contribution >= 4 is 15.9 Å². The van der Waals surface area contributed by atoms with Gasteiger partial charge in [0.15, 0.2) is 0 Å². The van der Waals surface area contributed by atoms with Crippen LogP contribution < -0.4 is 10.5 Å². The lowest BCUT2D eigenvalue weighted by molar-refractivity contribution is 0.479. The molecule has 0 aliphatic rings. The van der Waals surface area contributed by atoms with Crippen molar-refractivity contribution in [1.29, 1.82) is 0 Å². The van der Waals surface area contributed by atoms with Gasteiger partial charge >= 0.3 is 0 Å². The summed E-state index contributed by atoms with van der Waals surface area (Å²) in [5, 5.41) is 0. The number of rotatable bonds is 3. The van der Waals surface area contributed by atoms with E-state index in [1.807, 2.05) is 25.1 Å². The lowest BCUT2D eigenvalue weighted by Crippen LogP contribution is -2.05. The van der Waals surface area contributed by atoms with Gasteiger partial charge in [-0.3, -0.25) is 0 Å². The molecule has 0 spiro atoms. The molecule has 2 nitrogen and oxygen atoms in total. The Bertz CT molecular complexity index is 599. The Morgan fingerprint density at radius 3 is 2.37 bits per heavy atom. The van der Waals surface area contributed by atoms with Crippen molar-refractivity contribution < 1.29 is 9.13 Å². The van der Waals surface area contributed by atoms with Crippen LogP contribution in [0.25, 0.3) is 0 Å². The Morgan fingerprint density at radius 2 is 1.79 bits per heavy atom. The van der Waals surface area contributed by atoms with Crippen LogP contribution in [0.1, 0.15) is 24.1 Å². The van der Waals surface area contributed by atoms with Crippen LogP contribution in [0.2, 0.25) is 0 Å². The molecule has 0 radical (unpaired) electrons. The van der Waals surface area contributed by atoms with Crippen LogP contribution in [0.15, 0.2) is 40.9 Å². The van der Waals surface area contributed by atoms with E-state index in [1.54, 1.807) is 19.1 Å². The Labute approximate surface area is 120 Å². The van der Waals surface area contributed by atoms with Crippen molar-refractivity contribution in [2.45, 2.75) is 19.9 Å². The Hall–Kier alpha value is -1.39. The van der Waals surface area contributed by atoms with Crippen LogP contribution >= 0.6 is 15.9 Å². The summed E-state index contributed by atoms with van der Waals surface area (Å²) in [5.74, 6) is 1.06. The minimum atomic E-state index is -0.235. The SMILES string of the molecule is Cc1cc(Oc2ccc([C@H](C)N)c(Br)c2)ccc1F. The van der Waals surface area contributed by atoms with Crippen molar-refractivity contribution in [2.24, 2.45) is 5.73 Å². The zero-order chi connectivity index (χ0) is 14.0. The Morgan fingerprint density at radius 1 is 1.16 bits per heavy atom. The largest absolute Gasteiger partial charge is 0.457 e. The Balaban J connectivity index is 2.24. The first kappa shape index (κ1) is 14.0. The first-order chi connectivity index (χ1) is 8.97. The second-order valence-electron chi connectivity index (χ2n) is 4.49. The second-order valence-corrected chi connectivity index (χ2v) is 5.34. The molecule has 0 aliphatic heterocycles. The summed E-state index contributed by atoms with van der Waals surface area (Å²) in [5.41, 5.74) is 7.42. The van der Waals surface area contributed by atoms with Gasteiger partial charge in [-0.25, -0.2) is 4.39 Å². The summed E-state index contributed by atoms with van der Waals surface area (Å²) in [4.78, 5) is 0. The highest BCUT2D eigenvalue weighted by atomic mass is 79.9. The average molecular weight is 324 g/mol. The molecule has 2 rings (SSSR count). The monoisotopic (exact) mass is 323 g/mol. The van der Waals surface area contributed by atoms with Crippen LogP contribution in [-0.2, 0) is 0 Å². The molecule has 0 saturated heterocycles. The van der Waals surface area contributed by atoms with E-state index in [0.717, 1.165) is 10.0 Å². The van der Waals surface area contributed by atoms with Crippen LogP contribution in [0.3, 0.4) is 0 Å². The molecule has 19 heavy (non-hydrogen) atoms. The number of benzene rings is 2. The maximum Gasteiger partial charge on any atom is 0.128 e. The zero-order valence-electron chi connectivity index (χ0n) is 10.8. The van der Waals surface area contributed by atoms with Crippen LogP contribution in [0, 0.1) is 12.7 Å². The molecule has 1 atom stereocenters. The van der Waals surface area contributed by atoms with E-state index in [4.69, 9.17) is 10.5 Å². The van der Waals surface area contributed by atoms with Crippen LogP contribution in [0.5, 0.6) is 11.5 Å². The summed E-state index contributed by atoms with van der Waals surface area (Å²) in [6.45, 7) is 3.63. The standard InChI is InChI=1S/C15H15BrFNO/c1-9-7-11(4-6-15(9)17)19-12-3-5-13(10(2)18)14(16)8-12/h3-8,10H,18H2,1-2H3/t10-/m0/s1. The van der Waals surface area contributed by atoms with Gasteiger partial charge < -0.3 is 10.5 Å². The first-order valence-corrected chi connectivity index (χ1v) is 6.75. The molecule has 0 bridgehead atoms. The lowest BCUT2D eigenvalue weighted by atomic mass is 10.1. The van der Waals surface area contributed by atoms with Gasteiger partial charge in [-0.2, -0.15) is 0 Å². The number of hydrogen-bond donors (Lipinski definition) is 1. The van der Waals surface area contributed by atoms with E-state index in [2.05, 4.69) is 15.9 Å². The molecule has 4 heteroatoms. The summed E-state index contributed by atoms with van der Waals surface area (Å²) < 4.78 is 19.8. The van der Waals surface area contributed by atoms with Gasteiger partial charge in [0.2, 0.25) is 0 Å². The Kier molecular flexibility index (Phi) is 4.22. The lowest BCUT2D eigenvalue weighted by Gasteiger charge is -2.11. The molecule has 0 fully saturated rings. The zero-order valence-corrected chi connectivity index (χ0v) is 12.4. The quantitative estimate of drug-likeness (QED) is 0.887. The van der Waals surface area contributed by atoms with Gasteiger partial charge in [0, 0.05) is 10.5 Å². The maximum absolute atomic E-state index is 13.2. The van der Waals surface area contributed by atoms with Gasteiger partial charge in [-0.1, -0.05) is 22.0 Å². The predicted molar refractivity (Wildman–Crippen MR) is 78.0 cm³/mol. The molecule has 0 aromatic heterocycles. The van der Waals surface area contributed by atoms with Crippen molar-refractivity contribution in [3.8, 4) is 11.5 Å². The van der Waals surface area contributed by atoms with E-state index in [1.165, 1.54) is 6.07 Å². The average Bonchev–Trinajstić information content (AvgIpc) is 2.33. The fourth-order valence-corrected chi connectivity index (χ4v) is 2.48. The summed E-state index contributed by atoms with van der Waals surface area (Å²) >= 11 is 3.47. The van der Waals surface area contributed by atoms with Crippen LogP contribution in [0.4, 0.5) is 4.39 Å². The van der Waals surface area contributed by atoms with E-state index < -0.39 is 0 Å². The number of hydrogen-bond acceptors (Lipinski definition) is 2. The first-order valence-electron chi connectivity index (χ1n) is 5.96. The third kappa shape index (κ3) is 3.33. The summed E-state index contributed by atoms with van der Waals surface area (Å²) in [6.07, 6.45) is 0. The molecule has 2 N–H and O–H groups in total. The highest BCUT2D eigenvalue weighted by molar-refractivity contribution is 9.10. The summed E-state index contributed by atoms with van der Waals surface area (Å²) in [7, 11) is 0. The van der Waals surface area contributed by atoms with Crippen molar-refractivity contribution in [1.82, 2.24) is 0 Å². The normalized spacial score (nSPS) is 12.3. The highest BCUT2D eigenvalue weighted by Crippen LogP contribution is 2.30. The molecule has 2 aromatic carbocycles. The van der Waals surface area contributed by atoms with Crippen molar-refractivity contribution in [3.63, 3.8) is 0 Å². The van der Waals surface area contributed by atoms with Gasteiger partial charge in [0.1, 0.15) is 17.3 Å². The van der Waals surface area contributed by atoms with Gasteiger partial charge in [0.05, 0.1) is 0 Å². The number of nitrogens with two attached hydrogens (primary N) is 1. The number of aryl methyl sites for hydroxylation is 1. The molecule has 100 valence electrons. The van der Waals surface area contributed by atoms with Gasteiger partial charge in [-0.05, 0) is 55.3 Å².